The summed E-state index contributed by atoms with van der Waals surface area (Å²) in [4.78, 5) is 0. The minimum absolute atomic E-state index is 0. The van der Waals surface area contributed by atoms with Crippen molar-refractivity contribution in [2.24, 2.45) is 0 Å². The Labute approximate surface area is 92.9 Å². The molecule has 0 atom stereocenters. The van der Waals surface area contributed by atoms with Crippen LogP contribution in [0.15, 0.2) is 0 Å². The van der Waals surface area contributed by atoms with Crippen LogP contribution in [0.4, 0.5) is 0 Å². The van der Waals surface area contributed by atoms with Crippen molar-refractivity contribution in [3.8, 4) is 0 Å². The molecule has 0 aliphatic carbocycles. The van der Waals surface area contributed by atoms with Gasteiger partial charge in [-0.3, -0.25) is 0 Å². The fourth-order valence-corrected chi connectivity index (χ4v) is 0. The molecule has 5 heteroatoms. The third kappa shape index (κ3) is 19.5. The van der Waals surface area contributed by atoms with Crippen molar-refractivity contribution in [3.63, 3.8) is 0 Å². The van der Waals surface area contributed by atoms with Crippen LogP contribution in [0, 0.1) is 0 Å². The predicted octanol–water partition coefficient (Wildman–Crippen LogP) is -3.24. The molecule has 0 unspecified atom stereocenters. The van der Waals surface area contributed by atoms with Gasteiger partial charge < -0.3 is 0 Å². The van der Waals surface area contributed by atoms with Crippen LogP contribution in [0.25, 0.3) is 0 Å². The summed E-state index contributed by atoms with van der Waals surface area (Å²) in [6, 6.07) is 0. The molecule has 0 aromatic rings. The zero-order valence-corrected chi connectivity index (χ0v) is 0. The second kappa shape index (κ2) is 28.1. The first-order valence-electron chi connectivity index (χ1n) is 0. The van der Waals surface area contributed by atoms with Gasteiger partial charge in [-0.1, -0.05) is 0 Å². The first kappa shape index (κ1) is 43.7. The molecule has 0 heterocycles. The molecule has 0 spiro atoms. The number of hydrogen-bond donors (Lipinski definition) is 0. The van der Waals surface area contributed by atoms with Gasteiger partial charge >= 0.3 is 94.3 Å². The molecule has 10 valence electrons. The fraction of sp³-hybridized carbons (Fsp3) is 0. The van der Waals surface area contributed by atoms with Gasteiger partial charge in [0.15, 0.2) is 0 Å². The zero-order valence-electron chi connectivity index (χ0n) is 0. The average Bonchev–Trinajstić information content (AvgIpc) is 0. The van der Waals surface area contributed by atoms with Gasteiger partial charge in [0, 0.05) is 0 Å². The molecule has 0 aliphatic rings. The predicted molar refractivity (Wildman–Crippen MR) is 35.7 cm³/mol. The van der Waals surface area contributed by atoms with Crippen LogP contribution in [-0.4, -0.2) is 94.3 Å². The molecule has 0 aromatic carbocycles. The van der Waals surface area contributed by atoms with E-state index in [4.69, 9.17) is 0 Å². The van der Waals surface area contributed by atoms with Crippen LogP contribution in [0.3, 0.4) is 0 Å². The Morgan fingerprint density at radius 3 is 0.200 bits per heavy atom. The van der Waals surface area contributed by atoms with Crippen LogP contribution >= 0.6 is 0 Å². The van der Waals surface area contributed by atoms with Gasteiger partial charge in [-0.05, 0) is 0 Å². The van der Waals surface area contributed by atoms with Crippen molar-refractivity contribution in [2.75, 3.05) is 0 Å². The van der Waals surface area contributed by atoms with E-state index in [9.17, 15) is 0 Å². The van der Waals surface area contributed by atoms with Crippen LogP contribution in [0.1, 0.15) is 0 Å². The van der Waals surface area contributed by atoms with Gasteiger partial charge in [0.2, 0.25) is 0 Å². The summed E-state index contributed by atoms with van der Waals surface area (Å²) in [6.45, 7) is 0. The molecular formula is H5Li5. The standard InChI is InChI=1S/5Li.5H. The third-order valence-corrected chi connectivity index (χ3v) is 0. The SMILES string of the molecule is [LiH].[LiH].[LiH].[LiH].[LiH]. The maximum atomic E-state index is 0. The number of rotatable bonds is 0. The summed E-state index contributed by atoms with van der Waals surface area (Å²) < 4.78 is 0. The minimum atomic E-state index is 0. The molecule has 0 rings (SSSR count). The third-order valence-electron chi connectivity index (χ3n) is 0. The van der Waals surface area contributed by atoms with E-state index in [1.165, 1.54) is 0 Å². The molecule has 0 N–H and O–H groups in total. The van der Waals surface area contributed by atoms with Crippen LogP contribution < -0.4 is 0 Å². The maximum absolute atomic E-state index is 0. The second-order valence-corrected chi connectivity index (χ2v) is 0. The first-order chi connectivity index (χ1) is 0. The summed E-state index contributed by atoms with van der Waals surface area (Å²) in [6.07, 6.45) is 0. The summed E-state index contributed by atoms with van der Waals surface area (Å²) >= 11 is 0. The van der Waals surface area contributed by atoms with Gasteiger partial charge in [0.1, 0.15) is 0 Å². The van der Waals surface area contributed by atoms with Crippen molar-refractivity contribution >= 4 is 94.3 Å². The van der Waals surface area contributed by atoms with Crippen molar-refractivity contribution in [3.05, 3.63) is 0 Å². The van der Waals surface area contributed by atoms with Crippen molar-refractivity contribution in [1.29, 1.82) is 0 Å². The van der Waals surface area contributed by atoms with Gasteiger partial charge in [-0.15, -0.1) is 0 Å². The Morgan fingerprint density at radius 2 is 0.200 bits per heavy atom. The van der Waals surface area contributed by atoms with Crippen LogP contribution in [-0.2, 0) is 0 Å². The van der Waals surface area contributed by atoms with Gasteiger partial charge in [0.05, 0.1) is 0 Å². The van der Waals surface area contributed by atoms with Gasteiger partial charge in [-0.25, -0.2) is 0 Å². The molecule has 0 fully saturated rings. The van der Waals surface area contributed by atoms with Gasteiger partial charge in [0.25, 0.3) is 0 Å². The van der Waals surface area contributed by atoms with Crippen LogP contribution in [0.5, 0.6) is 0 Å². The molecule has 5 heavy (non-hydrogen) atoms. The molecule has 0 bridgehead atoms. The Kier molecular flexibility index (Phi) is 245. The summed E-state index contributed by atoms with van der Waals surface area (Å²) in [7, 11) is 0. The Balaban J connectivity index is 0. The van der Waals surface area contributed by atoms with E-state index in [1.807, 2.05) is 0 Å². The van der Waals surface area contributed by atoms with E-state index in [-0.39, 0.29) is 94.3 Å². The summed E-state index contributed by atoms with van der Waals surface area (Å²) in [5.41, 5.74) is 0. The first-order valence-corrected chi connectivity index (χ1v) is 0. The van der Waals surface area contributed by atoms with Crippen molar-refractivity contribution < 1.29 is 0 Å². The van der Waals surface area contributed by atoms with Gasteiger partial charge in [-0.2, -0.15) is 0 Å². The van der Waals surface area contributed by atoms with E-state index in [1.54, 1.807) is 0 Å². The molecule has 0 aliphatic heterocycles. The molecule has 0 radical (unpaired) electrons. The molecule has 0 saturated carbocycles. The molecule has 0 nitrogen and oxygen atoms in total. The molecule has 0 aromatic heterocycles. The van der Waals surface area contributed by atoms with Crippen LogP contribution in [0.2, 0.25) is 0 Å². The molecular weight excluding hydrogens is 34.7 g/mol. The topological polar surface area (TPSA) is 0 Å². The normalized spacial score (nSPS) is 0. The Hall–Kier alpha value is 2.99. The summed E-state index contributed by atoms with van der Waals surface area (Å²) in [5.74, 6) is 0. The van der Waals surface area contributed by atoms with E-state index < -0.39 is 0 Å². The van der Waals surface area contributed by atoms with E-state index in [0.717, 1.165) is 0 Å². The van der Waals surface area contributed by atoms with Crippen molar-refractivity contribution in [1.82, 2.24) is 0 Å². The zero-order chi connectivity index (χ0) is 0. The second-order valence-electron chi connectivity index (χ2n) is 0. The Morgan fingerprint density at radius 1 is 0.200 bits per heavy atom. The van der Waals surface area contributed by atoms with E-state index in [2.05, 4.69) is 0 Å². The Bertz CT molecular complexity index is 0. The average molecular weight is 39.7 g/mol. The van der Waals surface area contributed by atoms with E-state index >= 15 is 0 Å². The molecule has 0 saturated heterocycles. The van der Waals surface area contributed by atoms with Crippen molar-refractivity contribution in [2.45, 2.75) is 0 Å². The number of hydrogen-bond acceptors (Lipinski definition) is 0. The van der Waals surface area contributed by atoms with E-state index in [0.29, 0.717) is 0 Å². The monoisotopic (exact) mass is 40.1 g/mol. The fourth-order valence-electron chi connectivity index (χ4n) is 0. The molecule has 0 amide bonds. The summed E-state index contributed by atoms with van der Waals surface area (Å²) in [5, 5.41) is 0. The quantitative estimate of drug-likeness (QED) is 0.249.